The molecule has 0 aromatic carbocycles. The lowest BCUT2D eigenvalue weighted by molar-refractivity contribution is -0.121. The van der Waals surface area contributed by atoms with Crippen molar-refractivity contribution in [3.05, 3.63) is 12.2 Å². The highest BCUT2D eigenvalue weighted by Crippen LogP contribution is 2.60. The van der Waals surface area contributed by atoms with E-state index in [0.717, 1.165) is 12.1 Å². The highest BCUT2D eigenvalue weighted by Gasteiger charge is 2.63. The van der Waals surface area contributed by atoms with Crippen molar-refractivity contribution in [2.45, 2.75) is 19.4 Å². The minimum absolute atomic E-state index is 0.253. The van der Waals surface area contributed by atoms with Crippen LogP contribution in [-0.4, -0.2) is 17.6 Å². The first kappa shape index (κ1) is 8.08. The molecule has 3 aliphatic carbocycles. The molecule has 0 spiro atoms. The third-order valence-corrected chi connectivity index (χ3v) is 4.76. The first-order chi connectivity index (χ1) is 7.27. The van der Waals surface area contributed by atoms with Crippen LogP contribution < -0.4 is 0 Å². The zero-order valence-electron chi connectivity index (χ0n) is 8.59. The Hall–Kier alpha value is -1.12. The van der Waals surface area contributed by atoms with E-state index in [1.165, 1.54) is 0 Å². The number of carbonyl (C=O) groups excluding carboxylic acids is 1. The summed E-state index contributed by atoms with van der Waals surface area (Å²) in [5.41, 5.74) is 1.10. The van der Waals surface area contributed by atoms with E-state index in [1.54, 1.807) is 6.08 Å². The number of hydrogen-bond acceptors (Lipinski definition) is 3. The van der Waals surface area contributed by atoms with Crippen LogP contribution in [0.4, 0.5) is 0 Å². The molecule has 15 heavy (non-hydrogen) atoms. The van der Waals surface area contributed by atoms with E-state index in [-0.39, 0.29) is 12.0 Å². The maximum Gasteiger partial charge on any atom is 0.159 e. The molecule has 4 rings (SSSR count). The Kier molecular flexibility index (Phi) is 1.26. The van der Waals surface area contributed by atoms with Gasteiger partial charge in [-0.25, -0.2) is 0 Å². The number of allylic oxidation sites excluding steroid dienone is 2. The predicted molar refractivity (Wildman–Crippen MR) is 54.2 cm³/mol. The third-order valence-electron chi connectivity index (χ3n) is 4.76. The van der Waals surface area contributed by atoms with Crippen molar-refractivity contribution in [2.24, 2.45) is 34.7 Å². The highest BCUT2D eigenvalue weighted by atomic mass is 16.6. The molecule has 0 saturated heterocycles. The van der Waals surface area contributed by atoms with Crippen molar-refractivity contribution in [3.8, 4) is 0 Å². The highest BCUT2D eigenvalue weighted by molar-refractivity contribution is 5.97. The molecule has 0 aromatic rings. The van der Waals surface area contributed by atoms with E-state index >= 15 is 0 Å². The molecule has 2 saturated carbocycles. The molecular weight excluding hydrogens is 190 g/mol. The number of ketones is 1. The lowest BCUT2D eigenvalue weighted by Crippen LogP contribution is -2.39. The Balaban J connectivity index is 1.78. The van der Waals surface area contributed by atoms with E-state index in [4.69, 9.17) is 4.84 Å². The Morgan fingerprint density at radius 3 is 3.13 bits per heavy atom. The first-order valence-corrected chi connectivity index (χ1v) is 5.70. The molecule has 78 valence electrons. The minimum Gasteiger partial charge on any atom is -0.392 e. The van der Waals surface area contributed by atoms with Crippen LogP contribution in [0.2, 0.25) is 0 Å². The van der Waals surface area contributed by atoms with Crippen LogP contribution in [0.1, 0.15) is 13.3 Å². The van der Waals surface area contributed by atoms with Crippen LogP contribution in [-0.2, 0) is 9.63 Å². The number of carbonyl (C=O) groups is 1. The number of rotatable bonds is 0. The lowest BCUT2D eigenvalue weighted by Gasteiger charge is -2.31. The largest absolute Gasteiger partial charge is 0.392 e. The molecule has 0 unspecified atom stereocenters. The van der Waals surface area contributed by atoms with Gasteiger partial charge in [0.25, 0.3) is 0 Å². The van der Waals surface area contributed by atoms with Gasteiger partial charge in [0.1, 0.15) is 6.10 Å². The van der Waals surface area contributed by atoms with Gasteiger partial charge >= 0.3 is 0 Å². The predicted octanol–water partition coefficient (Wildman–Crippen LogP) is 1.40. The quantitative estimate of drug-likeness (QED) is 0.597. The number of oxime groups is 1. The van der Waals surface area contributed by atoms with E-state index in [0.29, 0.717) is 29.5 Å². The summed E-state index contributed by atoms with van der Waals surface area (Å²) in [6, 6.07) is 0. The van der Waals surface area contributed by atoms with E-state index in [9.17, 15) is 4.79 Å². The van der Waals surface area contributed by atoms with Crippen molar-refractivity contribution in [1.82, 2.24) is 0 Å². The maximum absolute atomic E-state index is 11.8. The number of nitrogens with zero attached hydrogens (tertiary/aromatic N) is 1. The van der Waals surface area contributed by atoms with Crippen LogP contribution in [0.5, 0.6) is 0 Å². The summed E-state index contributed by atoms with van der Waals surface area (Å²) in [7, 11) is 0. The molecule has 3 nitrogen and oxygen atoms in total. The molecule has 2 bridgehead atoms. The van der Waals surface area contributed by atoms with Gasteiger partial charge in [0, 0.05) is 17.8 Å². The minimum atomic E-state index is 0.253. The summed E-state index contributed by atoms with van der Waals surface area (Å²) in [6.07, 6.45) is 5.31. The van der Waals surface area contributed by atoms with Crippen LogP contribution >= 0.6 is 0 Å². The molecule has 3 heteroatoms. The van der Waals surface area contributed by atoms with Crippen LogP contribution in [0.3, 0.4) is 0 Å². The average Bonchev–Trinajstić information content (AvgIpc) is 2.87. The second-order valence-electron chi connectivity index (χ2n) is 5.26. The lowest BCUT2D eigenvalue weighted by atomic mass is 9.72. The summed E-state index contributed by atoms with van der Waals surface area (Å²) in [4.78, 5) is 17.3. The van der Waals surface area contributed by atoms with Crippen molar-refractivity contribution >= 4 is 11.5 Å². The van der Waals surface area contributed by atoms with Crippen molar-refractivity contribution in [2.75, 3.05) is 0 Å². The van der Waals surface area contributed by atoms with Gasteiger partial charge in [0.05, 0.1) is 5.71 Å². The van der Waals surface area contributed by atoms with Gasteiger partial charge in [-0.15, -0.1) is 0 Å². The zero-order chi connectivity index (χ0) is 10.2. The van der Waals surface area contributed by atoms with Crippen molar-refractivity contribution in [3.63, 3.8) is 0 Å². The fourth-order valence-electron chi connectivity index (χ4n) is 4.28. The second kappa shape index (κ2) is 2.34. The molecule has 0 amide bonds. The smallest absolute Gasteiger partial charge is 0.159 e. The van der Waals surface area contributed by atoms with Gasteiger partial charge in [-0.3, -0.25) is 4.79 Å². The summed E-state index contributed by atoms with van der Waals surface area (Å²) in [5, 5.41) is 4.10. The second-order valence-corrected chi connectivity index (χ2v) is 5.26. The normalized spacial score (nSPS) is 54.2. The van der Waals surface area contributed by atoms with Crippen LogP contribution in [0.25, 0.3) is 0 Å². The first-order valence-electron chi connectivity index (χ1n) is 5.70. The molecule has 0 aromatic heterocycles. The summed E-state index contributed by atoms with van der Waals surface area (Å²) in [5.74, 6) is 2.51. The molecular formula is C12H13NO2. The Morgan fingerprint density at radius 2 is 2.27 bits per heavy atom. The summed E-state index contributed by atoms with van der Waals surface area (Å²) >= 11 is 0. The molecule has 6 atom stereocenters. The third kappa shape index (κ3) is 0.757. The standard InChI is InChI=1S/C12H13NO2/c1-5-10-8-4-7(12(10)15-13-5)6-2-3-9(14)11(6)8/h2-3,6-8,10-12H,4H2,1H3/t6-,7-,8-,10+,11-,12-/m0/s1. The summed E-state index contributed by atoms with van der Waals surface area (Å²) in [6.45, 7) is 2.03. The van der Waals surface area contributed by atoms with Crippen LogP contribution in [0.15, 0.2) is 17.3 Å². The molecule has 2 fully saturated rings. The van der Waals surface area contributed by atoms with Gasteiger partial charge in [0.2, 0.25) is 0 Å². The summed E-state index contributed by atoms with van der Waals surface area (Å²) < 4.78 is 0. The van der Waals surface area contributed by atoms with Crippen molar-refractivity contribution in [1.29, 1.82) is 0 Å². The van der Waals surface area contributed by atoms with E-state index < -0.39 is 0 Å². The average molecular weight is 203 g/mol. The van der Waals surface area contributed by atoms with Gasteiger partial charge in [-0.1, -0.05) is 11.2 Å². The molecule has 4 aliphatic rings. The van der Waals surface area contributed by atoms with Crippen molar-refractivity contribution < 1.29 is 9.63 Å². The molecule has 1 aliphatic heterocycles. The van der Waals surface area contributed by atoms with E-state index in [1.807, 2.05) is 6.92 Å². The fourth-order valence-corrected chi connectivity index (χ4v) is 4.28. The molecule has 1 heterocycles. The van der Waals surface area contributed by atoms with Gasteiger partial charge < -0.3 is 4.84 Å². The zero-order valence-corrected chi connectivity index (χ0v) is 8.59. The fraction of sp³-hybridized carbons (Fsp3) is 0.667. The monoisotopic (exact) mass is 203 g/mol. The Bertz CT molecular complexity index is 408. The number of fused-ring (bicyclic) bond motifs is 8. The van der Waals surface area contributed by atoms with E-state index in [2.05, 4.69) is 11.2 Å². The maximum atomic E-state index is 11.8. The number of hydrogen-bond donors (Lipinski definition) is 0. The SMILES string of the molecule is CC1=NO[C@H]2[C@H]3C[C@@H]([C@@H]12)[C@H]1C(=O)C=C[C@@H]31. The Morgan fingerprint density at radius 1 is 1.40 bits per heavy atom. The molecule has 0 radical (unpaired) electrons. The topological polar surface area (TPSA) is 38.7 Å². The van der Waals surface area contributed by atoms with Gasteiger partial charge in [-0.05, 0) is 31.3 Å². The Labute approximate surface area is 88.2 Å². The molecule has 0 N–H and O–H groups in total. The van der Waals surface area contributed by atoms with Gasteiger partial charge in [-0.2, -0.15) is 0 Å². The van der Waals surface area contributed by atoms with Crippen LogP contribution in [0, 0.1) is 29.6 Å². The van der Waals surface area contributed by atoms with Gasteiger partial charge in [0.15, 0.2) is 5.78 Å².